The fraction of sp³-hybridized carbons (Fsp3) is 0.500. The molecule has 0 saturated carbocycles. The van der Waals surface area contributed by atoms with Crippen molar-refractivity contribution in [2.75, 3.05) is 26.8 Å². The van der Waals surface area contributed by atoms with Crippen molar-refractivity contribution in [1.29, 1.82) is 0 Å². The highest BCUT2D eigenvalue weighted by atomic mass is 19.1. The molecule has 0 aromatic heterocycles. The first-order valence-electron chi connectivity index (χ1n) is 7.18. The second kappa shape index (κ2) is 8.48. The summed E-state index contributed by atoms with van der Waals surface area (Å²) in [5.74, 6) is -1.06. The Hall–Kier alpha value is -1.95. The van der Waals surface area contributed by atoms with E-state index in [4.69, 9.17) is 4.74 Å². The van der Waals surface area contributed by atoms with Crippen LogP contribution in [0.5, 0.6) is 0 Å². The molecule has 0 radical (unpaired) electrons. The maximum absolute atomic E-state index is 13.5. The fourth-order valence-corrected chi connectivity index (χ4v) is 1.82. The Morgan fingerprint density at radius 2 is 1.73 bits per heavy atom. The molecule has 1 aromatic rings. The quantitative estimate of drug-likeness (QED) is 0.561. The van der Waals surface area contributed by atoms with Crippen molar-refractivity contribution in [2.45, 2.75) is 20.3 Å². The van der Waals surface area contributed by atoms with Crippen LogP contribution < -0.4 is 10.6 Å². The Balaban J connectivity index is 2.46. The lowest BCUT2D eigenvalue weighted by atomic mass is 9.91. The smallest absolute Gasteiger partial charge is 0.235 e. The molecular formula is C16H23FN2O3. The Kier molecular flexibility index (Phi) is 6.98. The third kappa shape index (κ3) is 5.11. The van der Waals surface area contributed by atoms with Crippen LogP contribution in [-0.4, -0.2) is 38.6 Å². The predicted molar refractivity (Wildman–Crippen MR) is 81.8 cm³/mol. The number of ether oxygens (including phenoxy) is 1. The highest BCUT2D eigenvalue weighted by Crippen LogP contribution is 2.15. The van der Waals surface area contributed by atoms with Gasteiger partial charge in [0, 0.05) is 20.2 Å². The van der Waals surface area contributed by atoms with E-state index in [0.29, 0.717) is 25.1 Å². The molecule has 0 atom stereocenters. The number of halogens is 1. The van der Waals surface area contributed by atoms with Crippen LogP contribution in [0.2, 0.25) is 0 Å². The van der Waals surface area contributed by atoms with E-state index >= 15 is 0 Å². The maximum atomic E-state index is 13.5. The van der Waals surface area contributed by atoms with Crippen LogP contribution in [0.15, 0.2) is 24.3 Å². The molecule has 6 heteroatoms. The molecule has 1 rings (SSSR count). The molecule has 1 aromatic carbocycles. The monoisotopic (exact) mass is 310 g/mol. The molecule has 0 saturated heterocycles. The predicted octanol–water partition coefficient (Wildman–Crippen LogP) is 1.27. The molecule has 5 nitrogen and oxygen atoms in total. The van der Waals surface area contributed by atoms with Crippen LogP contribution >= 0.6 is 0 Å². The number of hydrogen-bond donors (Lipinski definition) is 2. The highest BCUT2D eigenvalue weighted by Gasteiger charge is 2.35. The van der Waals surface area contributed by atoms with Crippen molar-refractivity contribution in [3.63, 3.8) is 0 Å². The normalized spacial score (nSPS) is 11.1. The van der Waals surface area contributed by atoms with Gasteiger partial charge in [0.1, 0.15) is 11.2 Å². The third-order valence-electron chi connectivity index (χ3n) is 3.36. The SMILES string of the molecule is COCCNC(=O)C(C)(C)C(=O)NCCc1ccccc1F. The summed E-state index contributed by atoms with van der Waals surface area (Å²) in [6.45, 7) is 4.10. The first kappa shape index (κ1) is 18.1. The van der Waals surface area contributed by atoms with E-state index in [1.54, 1.807) is 32.0 Å². The van der Waals surface area contributed by atoms with E-state index in [0.717, 1.165) is 0 Å². The molecule has 0 aliphatic rings. The summed E-state index contributed by atoms with van der Waals surface area (Å²) in [4.78, 5) is 24.1. The second-order valence-electron chi connectivity index (χ2n) is 5.47. The van der Waals surface area contributed by atoms with Crippen molar-refractivity contribution >= 4 is 11.8 Å². The summed E-state index contributed by atoms with van der Waals surface area (Å²) in [5, 5.41) is 5.31. The van der Waals surface area contributed by atoms with Gasteiger partial charge in [-0.15, -0.1) is 0 Å². The second-order valence-corrected chi connectivity index (χ2v) is 5.47. The Bertz CT molecular complexity index is 518. The van der Waals surface area contributed by atoms with Crippen LogP contribution in [0.25, 0.3) is 0 Å². The summed E-state index contributed by atoms with van der Waals surface area (Å²) in [7, 11) is 1.53. The lowest BCUT2D eigenvalue weighted by molar-refractivity contribution is -0.141. The Morgan fingerprint density at radius 3 is 2.32 bits per heavy atom. The third-order valence-corrected chi connectivity index (χ3v) is 3.36. The van der Waals surface area contributed by atoms with Gasteiger partial charge in [-0.2, -0.15) is 0 Å². The number of rotatable bonds is 8. The molecule has 0 aliphatic carbocycles. The van der Waals surface area contributed by atoms with Gasteiger partial charge in [-0.05, 0) is 31.9 Å². The van der Waals surface area contributed by atoms with E-state index in [1.807, 2.05) is 0 Å². The van der Waals surface area contributed by atoms with Crippen LogP contribution in [0.4, 0.5) is 4.39 Å². The van der Waals surface area contributed by atoms with Gasteiger partial charge in [0.25, 0.3) is 0 Å². The van der Waals surface area contributed by atoms with Gasteiger partial charge in [0.2, 0.25) is 11.8 Å². The minimum atomic E-state index is -1.19. The van der Waals surface area contributed by atoms with Crippen LogP contribution in [0.3, 0.4) is 0 Å². The van der Waals surface area contributed by atoms with E-state index in [9.17, 15) is 14.0 Å². The Labute approximate surface area is 130 Å². The van der Waals surface area contributed by atoms with Crippen molar-refractivity contribution < 1.29 is 18.7 Å². The van der Waals surface area contributed by atoms with Crippen molar-refractivity contribution in [3.8, 4) is 0 Å². The molecule has 0 heterocycles. The topological polar surface area (TPSA) is 67.4 Å². The van der Waals surface area contributed by atoms with Crippen molar-refractivity contribution in [3.05, 3.63) is 35.6 Å². The van der Waals surface area contributed by atoms with Gasteiger partial charge in [-0.3, -0.25) is 9.59 Å². The lowest BCUT2D eigenvalue weighted by Crippen LogP contribution is -2.48. The average molecular weight is 310 g/mol. The summed E-state index contributed by atoms with van der Waals surface area (Å²) in [6.07, 6.45) is 0.375. The summed E-state index contributed by atoms with van der Waals surface area (Å²) in [6, 6.07) is 6.41. The zero-order valence-corrected chi connectivity index (χ0v) is 13.2. The number of amides is 2. The van der Waals surface area contributed by atoms with Gasteiger partial charge in [0.05, 0.1) is 6.61 Å². The average Bonchev–Trinajstić information content (AvgIpc) is 2.49. The molecular weight excluding hydrogens is 287 g/mol. The number of carbonyl (C=O) groups excluding carboxylic acids is 2. The zero-order valence-electron chi connectivity index (χ0n) is 13.2. The van der Waals surface area contributed by atoms with E-state index in [1.165, 1.54) is 13.2 Å². The highest BCUT2D eigenvalue weighted by molar-refractivity contribution is 6.04. The first-order chi connectivity index (χ1) is 10.4. The van der Waals surface area contributed by atoms with Gasteiger partial charge < -0.3 is 15.4 Å². The molecule has 22 heavy (non-hydrogen) atoms. The van der Waals surface area contributed by atoms with Crippen LogP contribution in [-0.2, 0) is 20.7 Å². The van der Waals surface area contributed by atoms with Crippen LogP contribution in [0.1, 0.15) is 19.4 Å². The van der Waals surface area contributed by atoms with E-state index in [2.05, 4.69) is 10.6 Å². The van der Waals surface area contributed by atoms with Crippen molar-refractivity contribution in [2.24, 2.45) is 5.41 Å². The van der Waals surface area contributed by atoms with Gasteiger partial charge in [-0.25, -0.2) is 4.39 Å². The molecule has 0 unspecified atom stereocenters. The van der Waals surface area contributed by atoms with Gasteiger partial charge in [-0.1, -0.05) is 18.2 Å². The molecule has 122 valence electrons. The van der Waals surface area contributed by atoms with E-state index < -0.39 is 11.3 Å². The molecule has 2 N–H and O–H groups in total. The number of carbonyl (C=O) groups is 2. The fourth-order valence-electron chi connectivity index (χ4n) is 1.82. The summed E-state index contributed by atoms with van der Waals surface area (Å²) < 4.78 is 18.3. The summed E-state index contributed by atoms with van der Waals surface area (Å²) >= 11 is 0. The molecule has 0 aliphatic heterocycles. The number of benzene rings is 1. The number of methoxy groups -OCH3 is 1. The molecule has 2 amide bonds. The minimum Gasteiger partial charge on any atom is -0.383 e. The summed E-state index contributed by atoms with van der Waals surface area (Å²) in [5.41, 5.74) is -0.659. The van der Waals surface area contributed by atoms with Crippen LogP contribution in [0, 0.1) is 11.2 Å². The largest absolute Gasteiger partial charge is 0.383 e. The first-order valence-corrected chi connectivity index (χ1v) is 7.18. The zero-order chi connectivity index (χ0) is 16.6. The molecule has 0 spiro atoms. The lowest BCUT2D eigenvalue weighted by Gasteiger charge is -2.22. The van der Waals surface area contributed by atoms with Crippen molar-refractivity contribution in [1.82, 2.24) is 10.6 Å². The van der Waals surface area contributed by atoms with Gasteiger partial charge >= 0.3 is 0 Å². The van der Waals surface area contributed by atoms with E-state index in [-0.39, 0.29) is 18.3 Å². The molecule has 0 bridgehead atoms. The number of nitrogens with one attached hydrogen (secondary N) is 2. The Morgan fingerprint density at radius 1 is 1.14 bits per heavy atom. The number of hydrogen-bond acceptors (Lipinski definition) is 3. The standard InChI is InChI=1S/C16H23FN2O3/c1-16(2,15(21)19-10-11-22-3)14(20)18-9-8-12-6-4-5-7-13(12)17/h4-7H,8-11H2,1-3H3,(H,18,20)(H,19,21). The molecule has 0 fully saturated rings. The van der Waals surface area contributed by atoms with Gasteiger partial charge in [0.15, 0.2) is 0 Å². The maximum Gasteiger partial charge on any atom is 0.235 e. The minimum absolute atomic E-state index is 0.272.